The van der Waals surface area contributed by atoms with Crippen LogP contribution in [0.1, 0.15) is 79.1 Å². The molecule has 27 heavy (non-hydrogen) atoms. The number of hydrogen-bond acceptors (Lipinski definition) is 5. The van der Waals surface area contributed by atoms with Crippen LogP contribution in [-0.4, -0.2) is 24.4 Å². The zero-order valence-electron chi connectivity index (χ0n) is 17.7. The van der Waals surface area contributed by atoms with Gasteiger partial charge in [-0.05, 0) is 67.0 Å². The summed E-state index contributed by atoms with van der Waals surface area (Å²) in [7, 11) is 0. The molecule has 0 aliphatic rings. The van der Waals surface area contributed by atoms with Gasteiger partial charge in [-0.3, -0.25) is 0 Å². The summed E-state index contributed by atoms with van der Waals surface area (Å²) in [6, 6.07) is 5.50. The summed E-state index contributed by atoms with van der Waals surface area (Å²) in [5.74, 6) is 0. The molecule has 0 aromatic heterocycles. The maximum atomic E-state index is 9.02. The number of azide groups is 1. The second-order valence-electron chi connectivity index (χ2n) is 7.41. The quantitative estimate of drug-likeness (QED) is 0.195. The smallest absolute Gasteiger partial charge is 0.184 e. The van der Waals surface area contributed by atoms with Crippen molar-refractivity contribution in [2.24, 2.45) is 5.11 Å². The van der Waals surface area contributed by atoms with Crippen molar-refractivity contribution in [3.05, 3.63) is 39.8 Å². The van der Waals surface area contributed by atoms with Gasteiger partial charge in [-0.25, -0.2) is 0 Å². The van der Waals surface area contributed by atoms with Crippen LogP contribution in [0.3, 0.4) is 0 Å². The predicted octanol–water partition coefficient (Wildman–Crippen LogP) is 6.33. The standard InChI is InChI=1S/C20H33N3O4/c1-12(2)24-19(25-13(3)4)16-9-10-17(18(11-16)22-23-21)20(26-14(5)6)27-15(7)8/h9-15,19-20H,1-8H3. The fourth-order valence-electron chi connectivity index (χ4n) is 2.40. The molecule has 1 aromatic rings. The molecule has 0 radical (unpaired) electrons. The largest absolute Gasteiger partial charge is 0.346 e. The number of nitrogens with zero attached hydrogens (tertiary/aromatic N) is 3. The molecule has 7 heteroatoms. The normalized spacial score (nSPS) is 12.1. The third-order valence-electron chi connectivity index (χ3n) is 3.32. The van der Waals surface area contributed by atoms with Crippen molar-refractivity contribution in [2.45, 2.75) is 92.4 Å². The van der Waals surface area contributed by atoms with Crippen molar-refractivity contribution >= 4 is 5.69 Å². The topological polar surface area (TPSA) is 85.7 Å². The first-order valence-corrected chi connectivity index (χ1v) is 9.44. The summed E-state index contributed by atoms with van der Waals surface area (Å²) < 4.78 is 23.6. The van der Waals surface area contributed by atoms with Gasteiger partial charge >= 0.3 is 0 Å². The molecule has 152 valence electrons. The highest BCUT2D eigenvalue weighted by molar-refractivity contribution is 5.49. The summed E-state index contributed by atoms with van der Waals surface area (Å²) in [6.07, 6.45) is -1.31. The van der Waals surface area contributed by atoms with E-state index in [-0.39, 0.29) is 24.4 Å². The second-order valence-corrected chi connectivity index (χ2v) is 7.41. The molecule has 0 aliphatic heterocycles. The number of ether oxygens (including phenoxy) is 4. The van der Waals surface area contributed by atoms with Gasteiger partial charge in [0.15, 0.2) is 12.6 Å². The van der Waals surface area contributed by atoms with E-state index in [0.717, 1.165) is 5.56 Å². The van der Waals surface area contributed by atoms with Crippen molar-refractivity contribution < 1.29 is 18.9 Å². The molecule has 0 fully saturated rings. The summed E-state index contributed by atoms with van der Waals surface area (Å²) >= 11 is 0. The fraction of sp³-hybridized carbons (Fsp3) is 0.700. The minimum atomic E-state index is -0.630. The Kier molecular flexibility index (Phi) is 9.77. The van der Waals surface area contributed by atoms with Crippen molar-refractivity contribution in [1.82, 2.24) is 0 Å². The molecule has 0 atom stereocenters. The minimum absolute atomic E-state index is 0.0161. The van der Waals surface area contributed by atoms with Gasteiger partial charge in [0.2, 0.25) is 0 Å². The molecule has 0 unspecified atom stereocenters. The van der Waals surface area contributed by atoms with Gasteiger partial charge in [-0.1, -0.05) is 17.2 Å². The zero-order chi connectivity index (χ0) is 20.6. The van der Waals surface area contributed by atoms with Gasteiger partial charge in [0.25, 0.3) is 0 Å². The monoisotopic (exact) mass is 379 g/mol. The van der Waals surface area contributed by atoms with Gasteiger partial charge in [0.05, 0.1) is 24.4 Å². The zero-order valence-corrected chi connectivity index (χ0v) is 17.7. The summed E-state index contributed by atoms with van der Waals surface area (Å²) in [6.45, 7) is 15.5. The van der Waals surface area contributed by atoms with Crippen LogP contribution in [-0.2, 0) is 18.9 Å². The molecular weight excluding hydrogens is 346 g/mol. The number of benzene rings is 1. The lowest BCUT2D eigenvalue weighted by atomic mass is 10.1. The van der Waals surface area contributed by atoms with Gasteiger partial charge in [-0.15, -0.1) is 0 Å². The van der Waals surface area contributed by atoms with E-state index in [0.29, 0.717) is 11.3 Å². The van der Waals surface area contributed by atoms with E-state index in [1.165, 1.54) is 0 Å². The van der Waals surface area contributed by atoms with Gasteiger partial charge in [0.1, 0.15) is 0 Å². The third-order valence-corrected chi connectivity index (χ3v) is 3.32. The second kappa shape index (κ2) is 11.3. The molecule has 0 heterocycles. The van der Waals surface area contributed by atoms with E-state index in [9.17, 15) is 0 Å². The maximum absolute atomic E-state index is 9.02. The average Bonchev–Trinajstić information content (AvgIpc) is 2.52. The number of rotatable bonds is 11. The van der Waals surface area contributed by atoms with Crippen molar-refractivity contribution in [1.29, 1.82) is 0 Å². The van der Waals surface area contributed by atoms with E-state index in [4.69, 9.17) is 24.5 Å². The first-order valence-electron chi connectivity index (χ1n) is 9.44. The molecule has 0 bridgehead atoms. The average molecular weight is 380 g/mol. The molecule has 7 nitrogen and oxygen atoms in total. The molecule has 0 saturated carbocycles. The lowest BCUT2D eigenvalue weighted by molar-refractivity contribution is -0.187. The van der Waals surface area contributed by atoms with Crippen molar-refractivity contribution in [2.75, 3.05) is 0 Å². The van der Waals surface area contributed by atoms with Crippen LogP contribution in [0.25, 0.3) is 10.4 Å². The summed E-state index contributed by atoms with van der Waals surface area (Å²) in [4.78, 5) is 2.96. The maximum Gasteiger partial charge on any atom is 0.184 e. The van der Waals surface area contributed by atoms with Crippen LogP contribution < -0.4 is 0 Å². The van der Waals surface area contributed by atoms with Gasteiger partial charge < -0.3 is 18.9 Å². The highest BCUT2D eigenvalue weighted by atomic mass is 16.7. The summed E-state index contributed by atoms with van der Waals surface area (Å²) in [5.41, 5.74) is 10.9. The Morgan fingerprint density at radius 1 is 0.741 bits per heavy atom. The highest BCUT2D eigenvalue weighted by Gasteiger charge is 2.22. The Morgan fingerprint density at radius 2 is 1.19 bits per heavy atom. The van der Waals surface area contributed by atoms with Crippen molar-refractivity contribution in [3.63, 3.8) is 0 Å². The lowest BCUT2D eigenvalue weighted by Gasteiger charge is -2.27. The van der Waals surface area contributed by atoms with E-state index in [2.05, 4.69) is 10.0 Å². The van der Waals surface area contributed by atoms with Crippen LogP contribution in [0.4, 0.5) is 5.69 Å². The van der Waals surface area contributed by atoms with Crippen LogP contribution in [0, 0.1) is 0 Å². The van der Waals surface area contributed by atoms with Gasteiger partial charge in [0, 0.05) is 21.7 Å². The fourth-order valence-corrected chi connectivity index (χ4v) is 2.40. The SMILES string of the molecule is CC(C)OC(OC(C)C)c1ccc(C(OC(C)C)OC(C)C)c(N=[N+]=[N-])c1. The molecule has 0 aliphatic carbocycles. The summed E-state index contributed by atoms with van der Waals surface area (Å²) in [5, 5.41) is 3.85. The Hall–Kier alpha value is -1.63. The van der Waals surface area contributed by atoms with E-state index < -0.39 is 12.6 Å². The first kappa shape index (κ1) is 23.4. The molecule has 1 aromatic carbocycles. The molecule has 0 spiro atoms. The molecule has 0 amide bonds. The third kappa shape index (κ3) is 8.28. The Morgan fingerprint density at radius 3 is 1.59 bits per heavy atom. The van der Waals surface area contributed by atoms with Crippen LogP contribution in [0.2, 0.25) is 0 Å². The Balaban J connectivity index is 3.33. The number of hydrogen-bond donors (Lipinski definition) is 0. The molecule has 1 rings (SSSR count). The Labute approximate surface area is 162 Å². The van der Waals surface area contributed by atoms with E-state index in [1.54, 1.807) is 6.07 Å². The van der Waals surface area contributed by atoms with Crippen LogP contribution in [0.5, 0.6) is 0 Å². The molecule has 0 saturated heterocycles. The van der Waals surface area contributed by atoms with E-state index >= 15 is 0 Å². The predicted molar refractivity (Wildman–Crippen MR) is 106 cm³/mol. The lowest BCUT2D eigenvalue weighted by Crippen LogP contribution is -2.19. The van der Waals surface area contributed by atoms with Crippen LogP contribution in [0.15, 0.2) is 23.3 Å². The highest BCUT2D eigenvalue weighted by Crippen LogP contribution is 2.35. The van der Waals surface area contributed by atoms with Gasteiger partial charge in [-0.2, -0.15) is 0 Å². The Bertz CT molecular complexity index is 606. The van der Waals surface area contributed by atoms with Crippen LogP contribution >= 0.6 is 0 Å². The molecule has 0 N–H and O–H groups in total. The minimum Gasteiger partial charge on any atom is -0.346 e. The van der Waals surface area contributed by atoms with E-state index in [1.807, 2.05) is 67.5 Å². The molecular formula is C20H33N3O4. The first-order chi connectivity index (χ1) is 12.6. The van der Waals surface area contributed by atoms with Crippen molar-refractivity contribution in [3.8, 4) is 0 Å².